The van der Waals surface area contributed by atoms with Crippen LogP contribution in [0.1, 0.15) is 5.56 Å². The fourth-order valence-corrected chi connectivity index (χ4v) is 1.33. The molecule has 2 aromatic rings. The minimum absolute atomic E-state index is 0.155. The lowest BCUT2D eigenvalue weighted by Crippen LogP contribution is -1.84. The third kappa shape index (κ3) is 1.20. The van der Waals surface area contributed by atoms with Gasteiger partial charge in [0.25, 0.3) is 0 Å². The molecule has 2 N–H and O–H groups in total. The maximum Gasteiger partial charge on any atom is 0.118 e. The Labute approximate surface area is 74.5 Å². The summed E-state index contributed by atoms with van der Waals surface area (Å²) in [6, 6.07) is 5.18. The first-order chi connectivity index (χ1) is 6.31. The molecule has 1 heterocycles. The number of phenols is 1. The van der Waals surface area contributed by atoms with Gasteiger partial charge in [0.2, 0.25) is 0 Å². The van der Waals surface area contributed by atoms with Crippen molar-refractivity contribution in [2.75, 3.05) is 0 Å². The van der Waals surface area contributed by atoms with Gasteiger partial charge in [0, 0.05) is 6.07 Å². The molecule has 0 aliphatic heterocycles. The van der Waals surface area contributed by atoms with Crippen LogP contribution in [0.15, 0.2) is 18.5 Å². The lowest BCUT2D eigenvalue weighted by atomic mass is 10.1. The molecule has 0 saturated heterocycles. The Morgan fingerprint density at radius 1 is 1.54 bits per heavy atom. The summed E-state index contributed by atoms with van der Waals surface area (Å²) in [6.07, 6.45) is 1.81. The number of aromatic nitrogens is 2. The highest BCUT2D eigenvalue weighted by molar-refractivity contribution is 5.80. The van der Waals surface area contributed by atoms with E-state index in [0.29, 0.717) is 0 Å². The average Bonchev–Trinajstić information content (AvgIpc) is 2.52. The molecule has 0 radical (unpaired) electrons. The molecule has 2 rings (SSSR count). The van der Waals surface area contributed by atoms with Crippen LogP contribution in [0.2, 0.25) is 0 Å². The minimum atomic E-state index is 0.155. The van der Waals surface area contributed by atoms with Gasteiger partial charge < -0.3 is 10.1 Å². The van der Waals surface area contributed by atoms with E-state index < -0.39 is 0 Å². The maximum atomic E-state index is 9.30. The Morgan fingerprint density at radius 3 is 3.15 bits per heavy atom. The van der Waals surface area contributed by atoms with E-state index in [1.807, 2.05) is 6.07 Å². The van der Waals surface area contributed by atoms with Gasteiger partial charge in [-0.1, -0.05) is 0 Å². The smallest absolute Gasteiger partial charge is 0.118 e. The van der Waals surface area contributed by atoms with E-state index in [9.17, 15) is 5.11 Å². The van der Waals surface area contributed by atoms with E-state index in [1.165, 1.54) is 0 Å². The standard InChI is InChI=1S/C9H7N3O/c10-2-1-6-3-7(13)4-8-9(6)12-5-11-8/h3-5,13H,1H2,(H,11,12). The van der Waals surface area contributed by atoms with E-state index >= 15 is 0 Å². The quantitative estimate of drug-likeness (QED) is 0.683. The Hall–Kier alpha value is -2.02. The Morgan fingerprint density at radius 2 is 2.38 bits per heavy atom. The highest BCUT2D eigenvalue weighted by Gasteiger charge is 2.04. The van der Waals surface area contributed by atoms with Crippen LogP contribution in [0.4, 0.5) is 0 Å². The third-order valence-corrected chi connectivity index (χ3v) is 1.86. The second-order valence-electron chi connectivity index (χ2n) is 2.74. The molecule has 0 unspecified atom stereocenters. The number of aromatic hydroxyl groups is 1. The topological polar surface area (TPSA) is 72.7 Å². The lowest BCUT2D eigenvalue weighted by molar-refractivity contribution is 0.475. The normalized spacial score (nSPS) is 10.1. The fourth-order valence-electron chi connectivity index (χ4n) is 1.33. The number of hydrogen-bond donors (Lipinski definition) is 2. The van der Waals surface area contributed by atoms with E-state index in [0.717, 1.165) is 16.6 Å². The first kappa shape index (κ1) is 7.62. The summed E-state index contributed by atoms with van der Waals surface area (Å²) >= 11 is 0. The predicted molar refractivity (Wildman–Crippen MR) is 47.1 cm³/mol. The summed E-state index contributed by atoms with van der Waals surface area (Å²) in [6.45, 7) is 0. The number of nitrogens with zero attached hydrogens (tertiary/aromatic N) is 2. The van der Waals surface area contributed by atoms with Crippen LogP contribution < -0.4 is 0 Å². The van der Waals surface area contributed by atoms with Crippen LogP contribution in [0.3, 0.4) is 0 Å². The molecule has 0 atom stereocenters. The van der Waals surface area contributed by atoms with Crippen LogP contribution in [0.5, 0.6) is 5.75 Å². The number of rotatable bonds is 1. The molecular formula is C9H7N3O. The predicted octanol–water partition coefficient (Wildman–Crippen LogP) is 1.33. The zero-order valence-corrected chi connectivity index (χ0v) is 6.78. The van der Waals surface area contributed by atoms with E-state index in [2.05, 4.69) is 9.97 Å². The average molecular weight is 173 g/mol. The van der Waals surface area contributed by atoms with Crippen LogP contribution in [0.25, 0.3) is 11.0 Å². The molecule has 64 valence electrons. The van der Waals surface area contributed by atoms with Crippen molar-refractivity contribution in [1.82, 2.24) is 9.97 Å². The van der Waals surface area contributed by atoms with Crippen molar-refractivity contribution in [3.05, 3.63) is 24.0 Å². The molecule has 4 heteroatoms. The second kappa shape index (κ2) is 2.79. The van der Waals surface area contributed by atoms with E-state index in [4.69, 9.17) is 5.26 Å². The molecule has 13 heavy (non-hydrogen) atoms. The maximum absolute atomic E-state index is 9.30. The van der Waals surface area contributed by atoms with Crippen molar-refractivity contribution in [3.63, 3.8) is 0 Å². The molecule has 0 fully saturated rings. The van der Waals surface area contributed by atoms with Gasteiger partial charge in [-0.25, -0.2) is 4.98 Å². The van der Waals surface area contributed by atoms with Crippen molar-refractivity contribution in [2.45, 2.75) is 6.42 Å². The third-order valence-electron chi connectivity index (χ3n) is 1.86. The highest BCUT2D eigenvalue weighted by atomic mass is 16.3. The SMILES string of the molecule is N#CCc1cc(O)cc2[nH]cnc12. The Kier molecular flexibility index (Phi) is 1.64. The number of nitrogens with one attached hydrogen (secondary N) is 1. The molecule has 1 aromatic heterocycles. The summed E-state index contributed by atoms with van der Waals surface area (Å²) in [7, 11) is 0. The Bertz CT molecular complexity index is 481. The van der Waals surface area contributed by atoms with Crippen molar-refractivity contribution in [3.8, 4) is 11.8 Å². The Balaban J connectivity index is 2.71. The first-order valence-electron chi connectivity index (χ1n) is 3.83. The summed E-state index contributed by atoms with van der Waals surface area (Å²) in [4.78, 5) is 6.94. The number of H-pyrrole nitrogens is 1. The summed E-state index contributed by atoms with van der Waals surface area (Å²) < 4.78 is 0. The second-order valence-corrected chi connectivity index (χ2v) is 2.74. The van der Waals surface area contributed by atoms with Crippen LogP contribution in [-0.2, 0) is 6.42 Å². The molecule has 4 nitrogen and oxygen atoms in total. The summed E-state index contributed by atoms with van der Waals surface area (Å²) in [5, 5.41) is 17.8. The van der Waals surface area contributed by atoms with E-state index in [-0.39, 0.29) is 12.2 Å². The van der Waals surface area contributed by atoms with Gasteiger partial charge in [0.05, 0.1) is 29.9 Å². The molecule has 0 bridgehead atoms. The zero-order chi connectivity index (χ0) is 9.26. The van der Waals surface area contributed by atoms with Gasteiger partial charge in [0.15, 0.2) is 0 Å². The van der Waals surface area contributed by atoms with Gasteiger partial charge >= 0.3 is 0 Å². The van der Waals surface area contributed by atoms with Crippen molar-refractivity contribution < 1.29 is 5.11 Å². The van der Waals surface area contributed by atoms with E-state index in [1.54, 1.807) is 18.5 Å². The summed E-state index contributed by atoms with van der Waals surface area (Å²) in [5.41, 5.74) is 2.25. The largest absolute Gasteiger partial charge is 0.508 e. The number of phenolic OH excluding ortho intramolecular Hbond substituents is 1. The van der Waals surface area contributed by atoms with Crippen molar-refractivity contribution >= 4 is 11.0 Å². The van der Waals surface area contributed by atoms with Crippen LogP contribution >= 0.6 is 0 Å². The molecular weight excluding hydrogens is 166 g/mol. The van der Waals surface area contributed by atoms with Crippen LogP contribution in [-0.4, -0.2) is 15.1 Å². The molecule has 0 saturated carbocycles. The van der Waals surface area contributed by atoms with Gasteiger partial charge in [-0.15, -0.1) is 0 Å². The number of fused-ring (bicyclic) bond motifs is 1. The number of benzene rings is 1. The summed E-state index contributed by atoms with van der Waals surface area (Å²) in [5.74, 6) is 0.155. The molecule has 0 spiro atoms. The molecule has 0 aliphatic carbocycles. The molecule has 0 aliphatic rings. The number of nitriles is 1. The monoisotopic (exact) mass is 173 g/mol. The van der Waals surface area contributed by atoms with Gasteiger partial charge in [-0.05, 0) is 11.6 Å². The van der Waals surface area contributed by atoms with Crippen LogP contribution in [0, 0.1) is 11.3 Å². The van der Waals surface area contributed by atoms with Gasteiger partial charge in [-0.2, -0.15) is 5.26 Å². The minimum Gasteiger partial charge on any atom is -0.508 e. The highest BCUT2D eigenvalue weighted by Crippen LogP contribution is 2.21. The number of aromatic amines is 1. The first-order valence-corrected chi connectivity index (χ1v) is 3.83. The zero-order valence-electron chi connectivity index (χ0n) is 6.78. The molecule has 1 aromatic carbocycles. The fraction of sp³-hybridized carbons (Fsp3) is 0.111. The van der Waals surface area contributed by atoms with Gasteiger partial charge in [-0.3, -0.25) is 0 Å². The number of imidazole rings is 1. The lowest BCUT2D eigenvalue weighted by Gasteiger charge is -1.97. The van der Waals surface area contributed by atoms with Crippen molar-refractivity contribution in [1.29, 1.82) is 5.26 Å². The number of hydrogen-bond acceptors (Lipinski definition) is 3. The van der Waals surface area contributed by atoms with Crippen molar-refractivity contribution in [2.24, 2.45) is 0 Å². The van der Waals surface area contributed by atoms with Gasteiger partial charge in [0.1, 0.15) is 5.75 Å². The molecule has 0 amide bonds.